The number of urea groups is 1. The standard InChI is InChI=1S/C16H22N2O3/c1-12(13-6-3-2-4-7-13)11-17-16(21)18-9-5-8-14(18)10-15(19)20/h2-4,6-7,12,14H,5,8-11H2,1H3,(H,17,21)(H,19,20). The third-order valence-electron chi connectivity index (χ3n) is 3.98. The van der Waals surface area contributed by atoms with E-state index in [0.717, 1.165) is 12.8 Å². The van der Waals surface area contributed by atoms with Crippen LogP contribution in [0.4, 0.5) is 4.79 Å². The first-order valence-electron chi connectivity index (χ1n) is 7.39. The van der Waals surface area contributed by atoms with E-state index in [-0.39, 0.29) is 24.4 Å². The number of amides is 2. The fourth-order valence-electron chi connectivity index (χ4n) is 2.76. The van der Waals surface area contributed by atoms with Gasteiger partial charge >= 0.3 is 12.0 Å². The number of nitrogens with one attached hydrogen (secondary N) is 1. The SMILES string of the molecule is CC(CNC(=O)N1CCCC1CC(=O)O)c1ccccc1. The molecule has 1 fully saturated rings. The fraction of sp³-hybridized carbons (Fsp3) is 0.500. The van der Waals surface area contributed by atoms with Gasteiger partial charge in [0.05, 0.1) is 6.42 Å². The Hall–Kier alpha value is -2.04. The van der Waals surface area contributed by atoms with E-state index >= 15 is 0 Å². The molecule has 2 amide bonds. The molecule has 2 unspecified atom stereocenters. The maximum Gasteiger partial charge on any atom is 0.317 e. The summed E-state index contributed by atoms with van der Waals surface area (Å²) < 4.78 is 0. The van der Waals surface area contributed by atoms with Crippen LogP contribution in [0.2, 0.25) is 0 Å². The normalized spacial score (nSPS) is 19.3. The first-order chi connectivity index (χ1) is 10.1. The van der Waals surface area contributed by atoms with Gasteiger partial charge in [0.1, 0.15) is 0 Å². The molecule has 0 saturated carbocycles. The van der Waals surface area contributed by atoms with E-state index < -0.39 is 5.97 Å². The number of carbonyl (C=O) groups is 2. The van der Waals surface area contributed by atoms with E-state index in [1.807, 2.05) is 30.3 Å². The van der Waals surface area contributed by atoms with Crippen LogP contribution in [0.5, 0.6) is 0 Å². The number of carboxylic acid groups (broad SMARTS) is 1. The molecule has 1 saturated heterocycles. The van der Waals surface area contributed by atoms with Gasteiger partial charge in [-0.15, -0.1) is 0 Å². The molecule has 2 N–H and O–H groups in total. The summed E-state index contributed by atoms with van der Waals surface area (Å²) in [5, 5.41) is 11.8. The Bertz CT molecular complexity index is 490. The zero-order valence-electron chi connectivity index (χ0n) is 12.3. The first kappa shape index (κ1) is 15.4. The van der Waals surface area contributed by atoms with E-state index in [4.69, 9.17) is 5.11 Å². The van der Waals surface area contributed by atoms with Crippen LogP contribution in [-0.4, -0.2) is 41.1 Å². The van der Waals surface area contributed by atoms with Gasteiger partial charge in [-0.25, -0.2) is 4.79 Å². The van der Waals surface area contributed by atoms with Crippen molar-refractivity contribution in [3.05, 3.63) is 35.9 Å². The van der Waals surface area contributed by atoms with E-state index in [1.54, 1.807) is 4.90 Å². The Morgan fingerprint density at radius 1 is 1.38 bits per heavy atom. The molecule has 0 aromatic heterocycles. The number of benzene rings is 1. The minimum atomic E-state index is -0.850. The number of carboxylic acids is 1. The number of nitrogens with zero attached hydrogens (tertiary/aromatic N) is 1. The molecule has 0 bridgehead atoms. The zero-order chi connectivity index (χ0) is 15.2. The second-order valence-electron chi connectivity index (χ2n) is 5.59. The van der Waals surface area contributed by atoms with E-state index in [9.17, 15) is 9.59 Å². The molecule has 0 spiro atoms. The van der Waals surface area contributed by atoms with Gasteiger partial charge in [-0.05, 0) is 24.3 Å². The van der Waals surface area contributed by atoms with Crippen LogP contribution in [0, 0.1) is 0 Å². The average molecular weight is 290 g/mol. The largest absolute Gasteiger partial charge is 0.481 e. The maximum absolute atomic E-state index is 12.2. The minimum absolute atomic E-state index is 0.0294. The Kier molecular flexibility index (Phi) is 5.20. The minimum Gasteiger partial charge on any atom is -0.481 e. The molecule has 1 aromatic rings. The van der Waals surface area contributed by atoms with Crippen molar-refractivity contribution in [2.75, 3.05) is 13.1 Å². The summed E-state index contributed by atoms with van der Waals surface area (Å²) in [5.41, 5.74) is 1.18. The van der Waals surface area contributed by atoms with Crippen LogP contribution in [-0.2, 0) is 4.79 Å². The van der Waals surface area contributed by atoms with Gasteiger partial charge in [-0.2, -0.15) is 0 Å². The lowest BCUT2D eigenvalue weighted by Crippen LogP contribution is -2.44. The molecule has 0 aliphatic carbocycles. The van der Waals surface area contributed by atoms with Crippen molar-refractivity contribution in [3.63, 3.8) is 0 Å². The molecule has 114 valence electrons. The number of hydrogen-bond donors (Lipinski definition) is 2. The molecule has 1 aliphatic heterocycles. The molecule has 1 aliphatic rings. The van der Waals surface area contributed by atoms with Crippen LogP contribution in [0.15, 0.2) is 30.3 Å². The van der Waals surface area contributed by atoms with Gasteiger partial charge in [-0.3, -0.25) is 4.79 Å². The van der Waals surface area contributed by atoms with Crippen LogP contribution in [0.3, 0.4) is 0 Å². The molecule has 2 atom stereocenters. The number of rotatable bonds is 5. The van der Waals surface area contributed by atoms with Gasteiger partial charge in [-0.1, -0.05) is 37.3 Å². The van der Waals surface area contributed by atoms with Crippen molar-refractivity contribution < 1.29 is 14.7 Å². The third-order valence-corrected chi connectivity index (χ3v) is 3.98. The first-order valence-corrected chi connectivity index (χ1v) is 7.39. The predicted molar refractivity (Wildman–Crippen MR) is 80.2 cm³/mol. The van der Waals surface area contributed by atoms with Crippen molar-refractivity contribution in [2.45, 2.75) is 38.1 Å². The molecule has 5 nitrogen and oxygen atoms in total. The second-order valence-corrected chi connectivity index (χ2v) is 5.59. The van der Waals surface area contributed by atoms with Crippen molar-refractivity contribution in [1.29, 1.82) is 0 Å². The van der Waals surface area contributed by atoms with Gasteiger partial charge in [0.25, 0.3) is 0 Å². The lowest BCUT2D eigenvalue weighted by molar-refractivity contribution is -0.137. The summed E-state index contributed by atoms with van der Waals surface area (Å²) in [7, 11) is 0. The highest BCUT2D eigenvalue weighted by molar-refractivity contribution is 5.76. The van der Waals surface area contributed by atoms with Gasteiger partial charge in [0.2, 0.25) is 0 Å². The summed E-state index contributed by atoms with van der Waals surface area (Å²) in [4.78, 5) is 24.7. The number of aliphatic carboxylic acids is 1. The highest BCUT2D eigenvalue weighted by Crippen LogP contribution is 2.20. The third kappa shape index (κ3) is 4.21. The average Bonchev–Trinajstić information content (AvgIpc) is 2.92. The lowest BCUT2D eigenvalue weighted by Gasteiger charge is -2.24. The maximum atomic E-state index is 12.2. The summed E-state index contributed by atoms with van der Waals surface area (Å²) in [6.07, 6.45) is 1.68. The summed E-state index contributed by atoms with van der Waals surface area (Å²) in [6, 6.07) is 9.69. The Balaban J connectivity index is 1.85. The monoisotopic (exact) mass is 290 g/mol. The molecule has 5 heteroatoms. The highest BCUT2D eigenvalue weighted by Gasteiger charge is 2.30. The number of hydrogen-bond acceptors (Lipinski definition) is 2. The van der Waals surface area contributed by atoms with Crippen molar-refractivity contribution >= 4 is 12.0 Å². The molecule has 0 radical (unpaired) electrons. The van der Waals surface area contributed by atoms with E-state index in [0.29, 0.717) is 13.1 Å². The topological polar surface area (TPSA) is 69.6 Å². The van der Waals surface area contributed by atoms with Gasteiger partial charge in [0.15, 0.2) is 0 Å². The van der Waals surface area contributed by atoms with Crippen LogP contribution in [0.25, 0.3) is 0 Å². The fourth-order valence-corrected chi connectivity index (χ4v) is 2.76. The molecule has 1 aromatic carbocycles. The summed E-state index contributed by atoms with van der Waals surface area (Å²) >= 11 is 0. The quantitative estimate of drug-likeness (QED) is 0.875. The van der Waals surface area contributed by atoms with Gasteiger partial charge in [0, 0.05) is 19.1 Å². The highest BCUT2D eigenvalue weighted by atomic mass is 16.4. The van der Waals surface area contributed by atoms with Crippen molar-refractivity contribution in [1.82, 2.24) is 10.2 Å². The number of carbonyl (C=O) groups excluding carboxylic acids is 1. The van der Waals surface area contributed by atoms with Crippen LogP contribution >= 0.6 is 0 Å². The lowest BCUT2D eigenvalue weighted by atomic mass is 10.0. The van der Waals surface area contributed by atoms with Crippen LogP contribution in [0.1, 0.15) is 37.7 Å². The summed E-state index contributed by atoms with van der Waals surface area (Å²) in [6.45, 7) is 3.26. The summed E-state index contributed by atoms with van der Waals surface area (Å²) in [5.74, 6) is -0.618. The van der Waals surface area contributed by atoms with Crippen molar-refractivity contribution in [2.24, 2.45) is 0 Å². The van der Waals surface area contributed by atoms with E-state index in [2.05, 4.69) is 12.2 Å². The van der Waals surface area contributed by atoms with E-state index in [1.165, 1.54) is 5.56 Å². The van der Waals surface area contributed by atoms with Crippen molar-refractivity contribution in [3.8, 4) is 0 Å². The smallest absolute Gasteiger partial charge is 0.317 e. The molecular formula is C16H22N2O3. The second kappa shape index (κ2) is 7.11. The zero-order valence-corrected chi connectivity index (χ0v) is 12.3. The molecular weight excluding hydrogens is 268 g/mol. The Morgan fingerprint density at radius 2 is 2.10 bits per heavy atom. The molecule has 1 heterocycles. The Labute approximate surface area is 125 Å². The van der Waals surface area contributed by atoms with Gasteiger partial charge < -0.3 is 15.3 Å². The molecule has 2 rings (SSSR count). The Morgan fingerprint density at radius 3 is 2.76 bits per heavy atom. The number of likely N-dealkylation sites (tertiary alicyclic amines) is 1. The molecule has 21 heavy (non-hydrogen) atoms. The predicted octanol–water partition coefficient (Wildman–Crippen LogP) is 2.44. The van der Waals surface area contributed by atoms with Crippen LogP contribution < -0.4 is 5.32 Å².